The molecular weight excluding hydrogens is 377 g/mol. The summed E-state index contributed by atoms with van der Waals surface area (Å²) in [7, 11) is 0. The number of carbonyl (C=O) groups is 1. The van der Waals surface area contributed by atoms with Gasteiger partial charge in [0, 0.05) is 48.8 Å². The van der Waals surface area contributed by atoms with Gasteiger partial charge in [0.2, 0.25) is 5.95 Å². The Morgan fingerprint density at radius 3 is 2.76 bits per heavy atom. The number of anilines is 1. The maximum absolute atomic E-state index is 14.8. The molecule has 2 aromatic rings. The Bertz CT molecular complexity index is 837. The molecule has 1 saturated heterocycles. The van der Waals surface area contributed by atoms with Crippen LogP contribution in [0, 0.1) is 11.2 Å². The Morgan fingerprint density at radius 1 is 1.28 bits per heavy atom. The predicted octanol–water partition coefficient (Wildman–Crippen LogP) is 2.51. The second-order valence-electron chi connectivity index (χ2n) is 6.37. The average Bonchev–Trinajstić information content (AvgIpc) is 2.96. The summed E-state index contributed by atoms with van der Waals surface area (Å²) in [5, 5.41) is 7.08. The number of carbonyl (C=O) groups excluding carboxylic acids is 1. The van der Waals surface area contributed by atoms with Crippen molar-refractivity contribution in [3.63, 3.8) is 0 Å². The molecule has 0 spiro atoms. The van der Waals surface area contributed by atoms with Gasteiger partial charge in [0.25, 0.3) is 0 Å². The fraction of sp³-hybridized carbons (Fsp3) is 0.400. The topological polar surface area (TPSA) is 114 Å². The standard InChI is InChI=1S/C19H22FN5O3.CH4/c20-18-13(12-28-17(26)9-16(21)22)3-1-4-15(18)14-10-23-19(24-11-14)25-5-2-7-27-8-6-25;/h1,3-4,10-11H,2,5-9,12H2,(H3,21,22);1H4. The maximum Gasteiger partial charge on any atom is 0.313 e. The molecule has 0 amide bonds. The Balaban J connectivity index is 0.00000300. The number of amidine groups is 1. The lowest BCUT2D eigenvalue weighted by Gasteiger charge is -2.19. The second kappa shape index (κ2) is 10.5. The summed E-state index contributed by atoms with van der Waals surface area (Å²) in [6.45, 7) is 2.65. The highest BCUT2D eigenvalue weighted by Gasteiger charge is 2.15. The number of hydrogen-bond acceptors (Lipinski definition) is 7. The third kappa shape index (κ3) is 5.95. The van der Waals surface area contributed by atoms with Crippen molar-refractivity contribution in [1.29, 1.82) is 5.41 Å². The largest absolute Gasteiger partial charge is 0.460 e. The SMILES string of the molecule is C.N=C(N)CC(=O)OCc1cccc(-c2cnc(N3CCCOCC3)nc2)c1F. The number of nitrogens with one attached hydrogen (secondary N) is 1. The Kier molecular flexibility index (Phi) is 8.02. The van der Waals surface area contributed by atoms with Gasteiger partial charge in [0.15, 0.2) is 0 Å². The molecule has 29 heavy (non-hydrogen) atoms. The van der Waals surface area contributed by atoms with Gasteiger partial charge in [0.1, 0.15) is 24.7 Å². The van der Waals surface area contributed by atoms with Crippen molar-refractivity contribution in [1.82, 2.24) is 9.97 Å². The van der Waals surface area contributed by atoms with Crippen LogP contribution in [0.2, 0.25) is 0 Å². The van der Waals surface area contributed by atoms with Crippen molar-refractivity contribution in [2.75, 3.05) is 31.2 Å². The molecule has 1 aliphatic heterocycles. The first-order valence-corrected chi connectivity index (χ1v) is 8.95. The average molecular weight is 403 g/mol. The van der Waals surface area contributed by atoms with E-state index in [1.165, 1.54) is 6.07 Å². The van der Waals surface area contributed by atoms with Crippen LogP contribution >= 0.6 is 0 Å². The summed E-state index contributed by atoms with van der Waals surface area (Å²) in [6, 6.07) is 4.83. The van der Waals surface area contributed by atoms with E-state index in [-0.39, 0.29) is 31.9 Å². The quantitative estimate of drug-likeness (QED) is 0.433. The van der Waals surface area contributed by atoms with Crippen LogP contribution in [-0.4, -0.2) is 48.1 Å². The van der Waals surface area contributed by atoms with Crippen molar-refractivity contribution >= 4 is 17.8 Å². The van der Waals surface area contributed by atoms with Gasteiger partial charge in [-0.05, 0) is 6.42 Å². The highest BCUT2D eigenvalue weighted by atomic mass is 19.1. The Labute approximate surface area is 169 Å². The lowest BCUT2D eigenvalue weighted by molar-refractivity contribution is -0.143. The van der Waals surface area contributed by atoms with Crippen LogP contribution in [0.15, 0.2) is 30.6 Å². The normalized spacial score (nSPS) is 13.9. The summed E-state index contributed by atoms with van der Waals surface area (Å²) >= 11 is 0. The zero-order chi connectivity index (χ0) is 19.9. The minimum Gasteiger partial charge on any atom is -0.460 e. The molecule has 8 nitrogen and oxygen atoms in total. The molecule has 0 aliphatic carbocycles. The first-order chi connectivity index (χ1) is 13.5. The molecular formula is C20H26FN5O3. The Morgan fingerprint density at radius 2 is 2.03 bits per heavy atom. The van der Waals surface area contributed by atoms with Gasteiger partial charge in [0.05, 0.1) is 6.61 Å². The highest BCUT2D eigenvalue weighted by molar-refractivity contribution is 5.94. The van der Waals surface area contributed by atoms with Crippen LogP contribution in [0.25, 0.3) is 11.1 Å². The molecule has 0 radical (unpaired) electrons. The summed E-state index contributed by atoms with van der Waals surface area (Å²) < 4.78 is 25.2. The van der Waals surface area contributed by atoms with E-state index >= 15 is 0 Å². The minimum atomic E-state index is -0.675. The van der Waals surface area contributed by atoms with Crippen molar-refractivity contribution in [3.8, 4) is 11.1 Å². The number of halogens is 1. The minimum absolute atomic E-state index is 0. The molecule has 1 fully saturated rings. The first-order valence-electron chi connectivity index (χ1n) is 8.95. The van der Waals surface area contributed by atoms with Crippen molar-refractivity contribution in [2.45, 2.75) is 26.9 Å². The fourth-order valence-electron chi connectivity index (χ4n) is 2.85. The van der Waals surface area contributed by atoms with Crippen molar-refractivity contribution in [2.24, 2.45) is 5.73 Å². The van der Waals surface area contributed by atoms with Gasteiger partial charge in [-0.3, -0.25) is 10.2 Å². The molecule has 9 heteroatoms. The molecule has 3 rings (SSSR count). The fourth-order valence-corrected chi connectivity index (χ4v) is 2.85. The lowest BCUT2D eigenvalue weighted by Crippen LogP contribution is -2.27. The van der Waals surface area contributed by atoms with Crippen molar-refractivity contribution in [3.05, 3.63) is 42.0 Å². The molecule has 1 aliphatic rings. The van der Waals surface area contributed by atoms with Crippen molar-refractivity contribution < 1.29 is 18.7 Å². The van der Waals surface area contributed by atoms with E-state index in [1.54, 1.807) is 24.5 Å². The summed E-state index contributed by atoms with van der Waals surface area (Å²) in [6.07, 6.45) is 3.75. The van der Waals surface area contributed by atoms with E-state index in [2.05, 4.69) is 9.97 Å². The molecule has 0 atom stereocenters. The number of aromatic nitrogens is 2. The highest BCUT2D eigenvalue weighted by Crippen LogP contribution is 2.25. The number of rotatable bonds is 6. The van der Waals surface area contributed by atoms with Crippen LogP contribution in [-0.2, 0) is 20.9 Å². The first kappa shape index (κ1) is 22.2. The third-order valence-corrected chi connectivity index (χ3v) is 4.26. The van der Waals surface area contributed by atoms with E-state index in [0.29, 0.717) is 23.7 Å². The van der Waals surface area contributed by atoms with Gasteiger partial charge in [-0.2, -0.15) is 0 Å². The molecule has 1 aromatic carbocycles. The Hall–Kier alpha value is -3.07. The molecule has 0 bridgehead atoms. The summed E-state index contributed by atoms with van der Waals surface area (Å²) in [5.74, 6) is -0.888. The van der Waals surface area contributed by atoms with Gasteiger partial charge < -0.3 is 20.1 Å². The van der Waals surface area contributed by atoms with E-state index in [9.17, 15) is 9.18 Å². The van der Waals surface area contributed by atoms with E-state index in [0.717, 1.165) is 26.1 Å². The number of nitrogens with two attached hydrogens (primary N) is 1. The van der Waals surface area contributed by atoms with E-state index in [4.69, 9.17) is 20.6 Å². The third-order valence-electron chi connectivity index (χ3n) is 4.26. The van der Waals surface area contributed by atoms with Crippen LogP contribution < -0.4 is 10.6 Å². The molecule has 0 unspecified atom stereocenters. The predicted molar refractivity (Wildman–Crippen MR) is 108 cm³/mol. The van der Waals surface area contributed by atoms with Gasteiger partial charge in [-0.1, -0.05) is 25.6 Å². The molecule has 1 aromatic heterocycles. The van der Waals surface area contributed by atoms with Gasteiger partial charge >= 0.3 is 5.97 Å². The second-order valence-corrected chi connectivity index (χ2v) is 6.37. The summed E-state index contributed by atoms with van der Waals surface area (Å²) in [5.41, 5.74) is 6.23. The lowest BCUT2D eigenvalue weighted by atomic mass is 10.1. The van der Waals surface area contributed by atoms with Gasteiger partial charge in [-0.15, -0.1) is 0 Å². The van der Waals surface area contributed by atoms with Crippen LogP contribution in [0.1, 0.15) is 25.8 Å². The number of ether oxygens (including phenoxy) is 2. The smallest absolute Gasteiger partial charge is 0.313 e. The molecule has 3 N–H and O–H groups in total. The zero-order valence-corrected chi connectivity index (χ0v) is 15.4. The number of nitrogens with zero attached hydrogens (tertiary/aromatic N) is 3. The van der Waals surface area contributed by atoms with Crippen LogP contribution in [0.4, 0.5) is 10.3 Å². The van der Waals surface area contributed by atoms with Gasteiger partial charge in [-0.25, -0.2) is 14.4 Å². The molecule has 0 saturated carbocycles. The zero-order valence-electron chi connectivity index (χ0n) is 15.4. The monoisotopic (exact) mass is 403 g/mol. The number of esters is 1. The maximum atomic E-state index is 14.8. The van der Waals surface area contributed by atoms with E-state index < -0.39 is 11.8 Å². The summed E-state index contributed by atoms with van der Waals surface area (Å²) in [4.78, 5) is 22.3. The van der Waals surface area contributed by atoms with Crippen LogP contribution in [0.3, 0.4) is 0 Å². The number of benzene rings is 1. The van der Waals surface area contributed by atoms with Crippen LogP contribution in [0.5, 0.6) is 0 Å². The number of hydrogen-bond donors (Lipinski definition) is 2. The molecule has 2 heterocycles. The van der Waals surface area contributed by atoms with E-state index in [1.807, 2.05) is 4.90 Å². The molecule has 156 valence electrons.